The standard InChI is InChI=1S/C17H24N2O3/c1-14-12-18(8-5-9-19-10-11-21-17(19)20)13-16(22-14)15-6-3-2-4-7-15/h2-4,6-7,14,16H,5,8-13H2,1H3/t14-,16-/m0/s1. The van der Waals surface area contributed by atoms with Crippen LogP contribution in [-0.4, -0.2) is 61.3 Å². The van der Waals surface area contributed by atoms with Crippen LogP contribution in [0.15, 0.2) is 30.3 Å². The summed E-state index contributed by atoms with van der Waals surface area (Å²) in [5.41, 5.74) is 1.24. The third-order valence-corrected chi connectivity index (χ3v) is 4.25. The smallest absolute Gasteiger partial charge is 0.409 e. The molecule has 0 aromatic heterocycles. The minimum absolute atomic E-state index is 0.140. The lowest BCUT2D eigenvalue weighted by Crippen LogP contribution is -2.43. The Balaban J connectivity index is 1.49. The molecule has 2 saturated heterocycles. The molecule has 2 heterocycles. The van der Waals surface area contributed by atoms with Crippen molar-refractivity contribution >= 4 is 6.09 Å². The van der Waals surface area contributed by atoms with Gasteiger partial charge in [0.25, 0.3) is 0 Å². The van der Waals surface area contributed by atoms with Gasteiger partial charge in [-0.2, -0.15) is 0 Å². The normalized spacial score (nSPS) is 26.2. The monoisotopic (exact) mass is 304 g/mol. The summed E-state index contributed by atoms with van der Waals surface area (Å²) in [4.78, 5) is 15.6. The molecule has 22 heavy (non-hydrogen) atoms. The summed E-state index contributed by atoms with van der Waals surface area (Å²) >= 11 is 0. The Morgan fingerprint density at radius 2 is 2.00 bits per heavy atom. The van der Waals surface area contributed by atoms with E-state index in [0.717, 1.165) is 39.1 Å². The number of carbonyl (C=O) groups excluding carboxylic acids is 1. The third-order valence-electron chi connectivity index (χ3n) is 4.25. The average Bonchev–Trinajstić information content (AvgIpc) is 2.93. The zero-order valence-electron chi connectivity index (χ0n) is 13.1. The van der Waals surface area contributed by atoms with Crippen LogP contribution in [0.4, 0.5) is 4.79 Å². The van der Waals surface area contributed by atoms with Gasteiger partial charge in [0.1, 0.15) is 6.61 Å². The predicted molar refractivity (Wildman–Crippen MR) is 83.7 cm³/mol. The summed E-state index contributed by atoms with van der Waals surface area (Å²) in [5.74, 6) is 0. The van der Waals surface area contributed by atoms with Crippen LogP contribution in [0.3, 0.4) is 0 Å². The van der Waals surface area contributed by atoms with Gasteiger partial charge in [-0.25, -0.2) is 4.79 Å². The summed E-state index contributed by atoms with van der Waals surface area (Å²) in [6.45, 7) is 7.02. The SMILES string of the molecule is C[C@H]1CN(CCCN2CCOC2=O)C[C@@H](c2ccccc2)O1. The molecule has 0 unspecified atom stereocenters. The van der Waals surface area contributed by atoms with Crippen molar-refractivity contribution in [2.24, 2.45) is 0 Å². The van der Waals surface area contributed by atoms with Gasteiger partial charge in [-0.1, -0.05) is 30.3 Å². The van der Waals surface area contributed by atoms with E-state index in [1.54, 1.807) is 4.90 Å². The zero-order valence-corrected chi connectivity index (χ0v) is 13.1. The fourth-order valence-electron chi connectivity index (χ4n) is 3.19. The van der Waals surface area contributed by atoms with Gasteiger partial charge in [-0.15, -0.1) is 0 Å². The lowest BCUT2D eigenvalue weighted by molar-refractivity contribution is -0.0792. The minimum Gasteiger partial charge on any atom is -0.448 e. The lowest BCUT2D eigenvalue weighted by Gasteiger charge is -2.37. The van der Waals surface area contributed by atoms with Crippen LogP contribution < -0.4 is 0 Å². The largest absolute Gasteiger partial charge is 0.448 e. The number of nitrogens with zero attached hydrogens (tertiary/aromatic N) is 2. The quantitative estimate of drug-likeness (QED) is 0.837. The first-order valence-electron chi connectivity index (χ1n) is 8.07. The molecule has 3 rings (SSSR count). The predicted octanol–water partition coefficient (Wildman–Crippen LogP) is 2.29. The Bertz CT molecular complexity index is 494. The summed E-state index contributed by atoms with van der Waals surface area (Å²) in [5, 5.41) is 0. The molecule has 5 nitrogen and oxygen atoms in total. The second kappa shape index (κ2) is 7.11. The molecular formula is C17H24N2O3. The van der Waals surface area contributed by atoms with E-state index in [0.29, 0.717) is 6.61 Å². The minimum atomic E-state index is -0.169. The van der Waals surface area contributed by atoms with Crippen LogP contribution >= 0.6 is 0 Å². The van der Waals surface area contributed by atoms with Crippen molar-refractivity contribution in [2.45, 2.75) is 25.6 Å². The van der Waals surface area contributed by atoms with Gasteiger partial charge < -0.3 is 14.4 Å². The van der Waals surface area contributed by atoms with Crippen LogP contribution in [-0.2, 0) is 9.47 Å². The molecule has 0 saturated carbocycles. The number of hydrogen-bond acceptors (Lipinski definition) is 4. The highest BCUT2D eigenvalue weighted by atomic mass is 16.6. The lowest BCUT2D eigenvalue weighted by atomic mass is 10.1. The highest BCUT2D eigenvalue weighted by molar-refractivity contribution is 5.69. The number of rotatable bonds is 5. The Morgan fingerprint density at radius 1 is 1.18 bits per heavy atom. The molecule has 0 spiro atoms. The number of amides is 1. The first kappa shape index (κ1) is 15.3. The van der Waals surface area contributed by atoms with E-state index in [1.165, 1.54) is 5.56 Å². The molecule has 5 heteroatoms. The Hall–Kier alpha value is -1.59. The van der Waals surface area contributed by atoms with Gasteiger partial charge >= 0.3 is 6.09 Å². The molecule has 120 valence electrons. The van der Waals surface area contributed by atoms with E-state index in [9.17, 15) is 4.79 Å². The van der Waals surface area contributed by atoms with Crippen LogP contribution in [0.25, 0.3) is 0 Å². The molecule has 1 aromatic carbocycles. The fraction of sp³-hybridized carbons (Fsp3) is 0.588. The number of morpholine rings is 1. The van der Waals surface area contributed by atoms with E-state index in [4.69, 9.17) is 9.47 Å². The first-order chi connectivity index (χ1) is 10.7. The highest BCUT2D eigenvalue weighted by Gasteiger charge is 2.27. The molecular weight excluding hydrogens is 280 g/mol. The van der Waals surface area contributed by atoms with Crippen molar-refractivity contribution < 1.29 is 14.3 Å². The molecule has 0 N–H and O–H groups in total. The van der Waals surface area contributed by atoms with Crippen molar-refractivity contribution in [1.29, 1.82) is 0 Å². The maximum absolute atomic E-state index is 11.4. The highest BCUT2D eigenvalue weighted by Crippen LogP contribution is 2.25. The molecule has 2 aliphatic rings. The Labute approximate surface area is 131 Å². The summed E-state index contributed by atoms with van der Waals surface area (Å²) in [6, 6.07) is 10.4. The van der Waals surface area contributed by atoms with Gasteiger partial charge in [0.05, 0.1) is 18.8 Å². The number of ether oxygens (including phenoxy) is 2. The number of hydrogen-bond donors (Lipinski definition) is 0. The van der Waals surface area contributed by atoms with Crippen LogP contribution in [0, 0.1) is 0 Å². The van der Waals surface area contributed by atoms with E-state index in [2.05, 4.69) is 36.1 Å². The Morgan fingerprint density at radius 3 is 2.73 bits per heavy atom. The number of carbonyl (C=O) groups is 1. The maximum Gasteiger partial charge on any atom is 0.409 e. The van der Waals surface area contributed by atoms with E-state index in [-0.39, 0.29) is 18.3 Å². The van der Waals surface area contributed by atoms with Crippen molar-refractivity contribution in [3.63, 3.8) is 0 Å². The molecule has 0 aliphatic carbocycles. The van der Waals surface area contributed by atoms with E-state index >= 15 is 0 Å². The number of cyclic esters (lactones) is 1. The number of benzene rings is 1. The van der Waals surface area contributed by atoms with Gasteiger partial charge in [-0.05, 0) is 18.9 Å². The zero-order chi connectivity index (χ0) is 15.4. The van der Waals surface area contributed by atoms with Gasteiger partial charge in [0.2, 0.25) is 0 Å². The topological polar surface area (TPSA) is 42.0 Å². The average molecular weight is 304 g/mol. The van der Waals surface area contributed by atoms with Gasteiger partial charge in [-0.3, -0.25) is 4.90 Å². The molecule has 0 radical (unpaired) electrons. The fourth-order valence-corrected chi connectivity index (χ4v) is 3.19. The first-order valence-corrected chi connectivity index (χ1v) is 8.07. The van der Waals surface area contributed by atoms with E-state index in [1.807, 2.05) is 6.07 Å². The van der Waals surface area contributed by atoms with Gasteiger partial charge in [0, 0.05) is 26.2 Å². The molecule has 1 aromatic rings. The molecule has 1 amide bonds. The summed E-state index contributed by atoms with van der Waals surface area (Å²) in [7, 11) is 0. The van der Waals surface area contributed by atoms with Gasteiger partial charge in [0.15, 0.2) is 0 Å². The summed E-state index contributed by atoms with van der Waals surface area (Å²) < 4.78 is 11.0. The van der Waals surface area contributed by atoms with Crippen LogP contribution in [0.5, 0.6) is 0 Å². The third kappa shape index (κ3) is 3.78. The maximum atomic E-state index is 11.4. The van der Waals surface area contributed by atoms with Crippen molar-refractivity contribution in [3.05, 3.63) is 35.9 Å². The van der Waals surface area contributed by atoms with Crippen LogP contribution in [0.2, 0.25) is 0 Å². The second-order valence-electron chi connectivity index (χ2n) is 6.06. The van der Waals surface area contributed by atoms with Crippen molar-refractivity contribution in [2.75, 3.05) is 39.3 Å². The summed E-state index contributed by atoms with van der Waals surface area (Å²) in [6.07, 6.45) is 1.18. The van der Waals surface area contributed by atoms with Crippen molar-refractivity contribution in [1.82, 2.24) is 9.80 Å². The second-order valence-corrected chi connectivity index (χ2v) is 6.06. The van der Waals surface area contributed by atoms with Crippen LogP contribution in [0.1, 0.15) is 25.0 Å². The molecule has 2 aliphatic heterocycles. The molecule has 0 bridgehead atoms. The Kier molecular flexibility index (Phi) is 4.95. The molecule has 2 fully saturated rings. The van der Waals surface area contributed by atoms with E-state index < -0.39 is 0 Å². The molecule has 2 atom stereocenters. The van der Waals surface area contributed by atoms with Crippen molar-refractivity contribution in [3.8, 4) is 0 Å².